The average molecular weight is 213 g/mol. The third kappa shape index (κ3) is 6.49. The van der Waals surface area contributed by atoms with Gasteiger partial charge in [0.2, 0.25) is 0 Å². The van der Waals surface area contributed by atoms with Gasteiger partial charge in [0.05, 0.1) is 6.61 Å². The van der Waals surface area contributed by atoms with Crippen LogP contribution in [0, 0.1) is 6.57 Å². The first kappa shape index (κ1) is 13.4. The Balaban J connectivity index is 3.79. The maximum absolute atomic E-state index is 11.2. The van der Waals surface area contributed by atoms with Crippen LogP contribution in [0.3, 0.4) is 0 Å². The summed E-state index contributed by atoms with van der Waals surface area (Å²) in [6.07, 6.45) is 0.782. The number of ether oxygens (including phenoxy) is 2. The summed E-state index contributed by atoms with van der Waals surface area (Å²) in [5, 5.41) is 0. The van der Waals surface area contributed by atoms with E-state index in [0.29, 0.717) is 6.61 Å². The Labute approximate surface area is 89.2 Å². The standard InChI is InChI=1S/C10H15NO4/c1-4-5-6-14-10(13)8(2)15-9(12)7-11-3/h8H,4-7H2,1-2H3. The summed E-state index contributed by atoms with van der Waals surface area (Å²) >= 11 is 0. The number of esters is 2. The minimum atomic E-state index is -0.934. The van der Waals surface area contributed by atoms with E-state index >= 15 is 0 Å². The second kappa shape index (κ2) is 7.80. The molecule has 0 heterocycles. The van der Waals surface area contributed by atoms with Gasteiger partial charge in [-0.1, -0.05) is 13.3 Å². The number of carbonyl (C=O) groups is 2. The molecule has 0 N–H and O–H groups in total. The Morgan fingerprint density at radius 1 is 1.47 bits per heavy atom. The third-order valence-electron chi connectivity index (χ3n) is 1.59. The van der Waals surface area contributed by atoms with Crippen molar-refractivity contribution in [1.82, 2.24) is 0 Å². The first-order valence-electron chi connectivity index (χ1n) is 4.81. The normalized spacial score (nSPS) is 11.3. The van der Waals surface area contributed by atoms with E-state index in [-0.39, 0.29) is 6.54 Å². The molecule has 0 aliphatic heterocycles. The molecule has 0 fully saturated rings. The van der Waals surface area contributed by atoms with Crippen LogP contribution in [0.5, 0.6) is 0 Å². The maximum Gasteiger partial charge on any atom is 0.387 e. The van der Waals surface area contributed by atoms with E-state index in [2.05, 4.69) is 9.58 Å². The Kier molecular flexibility index (Phi) is 6.98. The highest BCUT2D eigenvalue weighted by molar-refractivity contribution is 5.80. The van der Waals surface area contributed by atoms with Gasteiger partial charge in [0.15, 0.2) is 6.10 Å². The third-order valence-corrected chi connectivity index (χ3v) is 1.59. The number of hydrogen-bond acceptors (Lipinski definition) is 4. The van der Waals surface area contributed by atoms with E-state index in [9.17, 15) is 9.59 Å². The molecule has 0 aliphatic carbocycles. The number of nitrogens with zero attached hydrogens (tertiary/aromatic N) is 1. The van der Waals surface area contributed by atoms with Crippen LogP contribution in [0.15, 0.2) is 0 Å². The second-order valence-electron chi connectivity index (χ2n) is 2.97. The fraction of sp³-hybridized carbons (Fsp3) is 0.700. The Morgan fingerprint density at radius 2 is 2.13 bits per heavy atom. The molecule has 0 bridgehead atoms. The van der Waals surface area contributed by atoms with Crippen molar-refractivity contribution in [3.8, 4) is 0 Å². The largest absolute Gasteiger partial charge is 0.463 e. The maximum atomic E-state index is 11.2. The van der Waals surface area contributed by atoms with Gasteiger partial charge in [-0.3, -0.25) is 0 Å². The zero-order chi connectivity index (χ0) is 11.7. The highest BCUT2D eigenvalue weighted by Gasteiger charge is 2.19. The smallest absolute Gasteiger partial charge is 0.387 e. The number of hydrogen-bond donors (Lipinski definition) is 0. The molecule has 0 radical (unpaired) electrons. The Hall–Kier alpha value is -1.57. The fourth-order valence-electron chi connectivity index (χ4n) is 0.782. The van der Waals surface area contributed by atoms with Gasteiger partial charge >= 0.3 is 18.5 Å². The average Bonchev–Trinajstić information content (AvgIpc) is 2.18. The molecule has 0 amide bonds. The fourth-order valence-corrected chi connectivity index (χ4v) is 0.782. The van der Waals surface area contributed by atoms with Gasteiger partial charge in [-0.25, -0.2) is 16.2 Å². The lowest BCUT2D eigenvalue weighted by Crippen LogP contribution is -2.27. The quantitative estimate of drug-likeness (QED) is 0.377. The molecule has 5 heteroatoms. The summed E-state index contributed by atoms with van der Waals surface area (Å²) in [6.45, 7) is 9.80. The molecule has 1 unspecified atom stereocenters. The van der Waals surface area contributed by atoms with Crippen LogP contribution in [-0.2, 0) is 19.1 Å². The van der Waals surface area contributed by atoms with E-state index in [1.54, 1.807) is 0 Å². The molecule has 1 atom stereocenters. The molecule has 0 aromatic rings. The van der Waals surface area contributed by atoms with Crippen LogP contribution in [-0.4, -0.2) is 31.2 Å². The molecule has 0 aromatic carbocycles. The van der Waals surface area contributed by atoms with Crippen LogP contribution in [0.4, 0.5) is 0 Å². The summed E-state index contributed by atoms with van der Waals surface area (Å²) < 4.78 is 9.49. The summed E-state index contributed by atoms with van der Waals surface area (Å²) in [6, 6.07) is 0. The van der Waals surface area contributed by atoms with E-state index < -0.39 is 18.0 Å². The molecule has 15 heavy (non-hydrogen) atoms. The molecule has 5 nitrogen and oxygen atoms in total. The SMILES string of the molecule is [C-]#[N+]CC(=O)OC(C)C(=O)OCCCC. The topological polar surface area (TPSA) is 57.0 Å². The van der Waals surface area contributed by atoms with Gasteiger partial charge in [0.1, 0.15) is 0 Å². The molecular weight excluding hydrogens is 198 g/mol. The zero-order valence-corrected chi connectivity index (χ0v) is 8.99. The lowest BCUT2D eigenvalue weighted by molar-refractivity contribution is -0.165. The van der Waals surface area contributed by atoms with Crippen molar-refractivity contribution in [2.24, 2.45) is 0 Å². The van der Waals surface area contributed by atoms with E-state index in [0.717, 1.165) is 12.8 Å². The lowest BCUT2D eigenvalue weighted by atomic mass is 10.3. The van der Waals surface area contributed by atoms with Gasteiger partial charge in [-0.2, -0.15) is 0 Å². The van der Waals surface area contributed by atoms with Crippen LogP contribution < -0.4 is 0 Å². The predicted molar refractivity (Wildman–Crippen MR) is 52.9 cm³/mol. The van der Waals surface area contributed by atoms with Crippen molar-refractivity contribution >= 4 is 11.9 Å². The second-order valence-corrected chi connectivity index (χ2v) is 2.97. The minimum Gasteiger partial charge on any atom is -0.463 e. The zero-order valence-electron chi connectivity index (χ0n) is 8.99. The first-order valence-corrected chi connectivity index (χ1v) is 4.81. The van der Waals surface area contributed by atoms with Crippen LogP contribution in [0.1, 0.15) is 26.7 Å². The first-order chi connectivity index (χ1) is 7.11. The molecule has 0 aromatic heterocycles. The Morgan fingerprint density at radius 3 is 2.67 bits per heavy atom. The van der Waals surface area contributed by atoms with Crippen molar-refractivity contribution in [2.75, 3.05) is 13.2 Å². The highest BCUT2D eigenvalue weighted by Crippen LogP contribution is 1.98. The summed E-state index contributed by atoms with van der Waals surface area (Å²) in [7, 11) is 0. The van der Waals surface area contributed by atoms with Gasteiger partial charge in [0, 0.05) is 0 Å². The van der Waals surface area contributed by atoms with Crippen LogP contribution in [0.2, 0.25) is 0 Å². The predicted octanol–water partition coefficient (Wildman–Crippen LogP) is 1.18. The monoisotopic (exact) mass is 213 g/mol. The number of rotatable bonds is 6. The van der Waals surface area contributed by atoms with Crippen molar-refractivity contribution in [2.45, 2.75) is 32.8 Å². The van der Waals surface area contributed by atoms with Crippen molar-refractivity contribution in [1.29, 1.82) is 0 Å². The van der Waals surface area contributed by atoms with Gasteiger partial charge < -0.3 is 14.3 Å². The minimum absolute atomic E-state index is 0.333. The van der Waals surface area contributed by atoms with Gasteiger partial charge in [-0.05, 0) is 13.3 Å². The van der Waals surface area contributed by atoms with Gasteiger partial charge in [0.25, 0.3) is 0 Å². The van der Waals surface area contributed by atoms with Gasteiger partial charge in [-0.15, -0.1) is 0 Å². The molecule has 0 aliphatic rings. The van der Waals surface area contributed by atoms with Crippen molar-refractivity contribution < 1.29 is 19.1 Å². The molecule has 84 valence electrons. The summed E-state index contributed by atoms with van der Waals surface area (Å²) in [4.78, 5) is 24.9. The summed E-state index contributed by atoms with van der Waals surface area (Å²) in [5.74, 6) is -1.27. The summed E-state index contributed by atoms with van der Waals surface area (Å²) in [5.41, 5.74) is 0. The van der Waals surface area contributed by atoms with E-state index in [1.807, 2.05) is 6.92 Å². The lowest BCUT2D eigenvalue weighted by Gasteiger charge is -2.10. The molecular formula is C10H15NO4. The highest BCUT2D eigenvalue weighted by atomic mass is 16.6. The van der Waals surface area contributed by atoms with Crippen LogP contribution in [0.25, 0.3) is 4.85 Å². The Bertz CT molecular complexity index is 257. The number of unbranched alkanes of at least 4 members (excludes halogenated alkanes) is 1. The van der Waals surface area contributed by atoms with Crippen molar-refractivity contribution in [3.05, 3.63) is 11.4 Å². The van der Waals surface area contributed by atoms with Crippen LogP contribution >= 0.6 is 0 Å². The molecule has 0 saturated heterocycles. The van der Waals surface area contributed by atoms with E-state index in [1.165, 1.54) is 6.92 Å². The van der Waals surface area contributed by atoms with Crippen molar-refractivity contribution in [3.63, 3.8) is 0 Å². The van der Waals surface area contributed by atoms with E-state index in [4.69, 9.17) is 11.3 Å². The molecule has 0 saturated carbocycles. The molecule has 0 rings (SSSR count). The number of carbonyl (C=O) groups excluding carboxylic acids is 2. The molecule has 0 spiro atoms.